The molecule has 0 spiro atoms. The number of rotatable bonds is 9. The summed E-state index contributed by atoms with van der Waals surface area (Å²) in [5, 5.41) is 5.65. The minimum atomic E-state index is -0.124. The Bertz CT molecular complexity index is 806. The van der Waals surface area contributed by atoms with E-state index in [2.05, 4.69) is 42.7 Å². The second-order valence-corrected chi connectivity index (χ2v) is 7.82. The van der Waals surface area contributed by atoms with E-state index in [9.17, 15) is 9.59 Å². The van der Waals surface area contributed by atoms with Gasteiger partial charge in [0.1, 0.15) is 0 Å². The molecular formula is C22H29N3O2S. The normalized spacial score (nSPS) is 10.8. The molecule has 0 saturated heterocycles. The lowest BCUT2D eigenvalue weighted by Gasteiger charge is -2.19. The van der Waals surface area contributed by atoms with Crippen LogP contribution in [0, 0.1) is 13.8 Å². The first-order valence-electron chi connectivity index (χ1n) is 9.55. The highest BCUT2D eigenvalue weighted by Crippen LogP contribution is 2.31. The number of nitrogens with one attached hydrogen (secondary N) is 2. The number of likely N-dealkylation sites (N-methyl/N-ethyl adjacent to an activating group) is 2. The van der Waals surface area contributed by atoms with Crippen LogP contribution in [0.5, 0.6) is 0 Å². The highest BCUT2D eigenvalue weighted by molar-refractivity contribution is 7.99. The number of hydrogen-bond donors (Lipinski definition) is 2. The Morgan fingerprint density at radius 2 is 1.64 bits per heavy atom. The number of amides is 2. The maximum absolute atomic E-state index is 12.3. The quantitative estimate of drug-likeness (QED) is 0.672. The van der Waals surface area contributed by atoms with Crippen LogP contribution in [-0.2, 0) is 9.59 Å². The summed E-state index contributed by atoms with van der Waals surface area (Å²) in [5.74, 6) is -0.189. The smallest absolute Gasteiger partial charge is 0.238 e. The average molecular weight is 400 g/mol. The van der Waals surface area contributed by atoms with E-state index in [0.717, 1.165) is 10.6 Å². The maximum atomic E-state index is 12.3. The van der Waals surface area contributed by atoms with E-state index in [0.29, 0.717) is 13.1 Å². The molecule has 0 heterocycles. The van der Waals surface area contributed by atoms with Gasteiger partial charge >= 0.3 is 0 Å². The van der Waals surface area contributed by atoms with Gasteiger partial charge in [-0.1, -0.05) is 30.8 Å². The Hall–Kier alpha value is -2.31. The van der Waals surface area contributed by atoms with Crippen molar-refractivity contribution in [3.05, 3.63) is 53.6 Å². The first-order chi connectivity index (χ1) is 13.4. The summed E-state index contributed by atoms with van der Waals surface area (Å²) < 4.78 is 0. The van der Waals surface area contributed by atoms with E-state index in [1.165, 1.54) is 16.0 Å². The molecule has 2 amide bonds. The van der Waals surface area contributed by atoms with Gasteiger partial charge in [-0.2, -0.15) is 0 Å². The van der Waals surface area contributed by atoms with Gasteiger partial charge in [0, 0.05) is 22.0 Å². The zero-order valence-corrected chi connectivity index (χ0v) is 17.9. The Morgan fingerprint density at radius 1 is 0.964 bits per heavy atom. The lowest BCUT2D eigenvalue weighted by atomic mass is 10.2. The summed E-state index contributed by atoms with van der Waals surface area (Å²) in [6.07, 6.45) is 0. The molecular weight excluding hydrogens is 370 g/mol. The van der Waals surface area contributed by atoms with Crippen molar-refractivity contribution in [1.29, 1.82) is 0 Å². The van der Waals surface area contributed by atoms with Gasteiger partial charge in [0.15, 0.2) is 0 Å². The number of benzene rings is 2. The predicted octanol–water partition coefficient (Wildman–Crippen LogP) is 3.85. The van der Waals surface area contributed by atoms with Crippen molar-refractivity contribution in [3.8, 4) is 0 Å². The van der Waals surface area contributed by atoms with Gasteiger partial charge in [-0.15, -0.1) is 0 Å². The van der Waals surface area contributed by atoms with Crippen LogP contribution >= 0.6 is 11.8 Å². The first kappa shape index (κ1) is 22.0. The minimum absolute atomic E-state index is 0.0648. The van der Waals surface area contributed by atoms with Crippen molar-refractivity contribution >= 4 is 29.3 Å². The number of aryl methyl sites for hydroxylation is 2. The molecule has 0 aliphatic rings. The van der Waals surface area contributed by atoms with Gasteiger partial charge in [-0.25, -0.2) is 0 Å². The van der Waals surface area contributed by atoms with Crippen LogP contribution in [0.15, 0.2) is 52.3 Å². The van der Waals surface area contributed by atoms with Gasteiger partial charge in [-0.3, -0.25) is 14.5 Å². The summed E-state index contributed by atoms with van der Waals surface area (Å²) in [5.41, 5.74) is 3.24. The van der Waals surface area contributed by atoms with Gasteiger partial charge in [0.2, 0.25) is 11.8 Å². The van der Waals surface area contributed by atoms with Crippen molar-refractivity contribution in [2.75, 3.05) is 31.5 Å². The Balaban J connectivity index is 1.91. The molecule has 0 unspecified atom stereocenters. The average Bonchev–Trinajstić information content (AvgIpc) is 2.66. The molecule has 0 aromatic heterocycles. The van der Waals surface area contributed by atoms with Crippen LogP contribution in [0.4, 0.5) is 5.69 Å². The fraction of sp³-hybridized carbons (Fsp3) is 0.364. The summed E-state index contributed by atoms with van der Waals surface area (Å²) in [4.78, 5) is 28.2. The molecule has 150 valence electrons. The van der Waals surface area contributed by atoms with Crippen molar-refractivity contribution < 1.29 is 9.59 Å². The lowest BCUT2D eigenvalue weighted by molar-refractivity contribution is -0.123. The standard InChI is InChI=1S/C22H29N3O2S/c1-5-23-21(26)14-25(6-2)15-22(27)24-18-9-11-19(12-10-18)28-20-13-16(3)7-8-17(20)4/h7-13H,5-6,14-15H2,1-4H3,(H,23,26)(H,24,27). The predicted molar refractivity (Wildman–Crippen MR) is 116 cm³/mol. The van der Waals surface area contributed by atoms with Crippen molar-refractivity contribution in [2.45, 2.75) is 37.5 Å². The monoisotopic (exact) mass is 399 g/mol. The van der Waals surface area contributed by atoms with Gasteiger partial charge in [0.25, 0.3) is 0 Å². The van der Waals surface area contributed by atoms with Gasteiger partial charge in [-0.05, 0) is 68.8 Å². The van der Waals surface area contributed by atoms with Crippen LogP contribution in [0.3, 0.4) is 0 Å². The highest BCUT2D eigenvalue weighted by atomic mass is 32.2. The lowest BCUT2D eigenvalue weighted by Crippen LogP contribution is -2.40. The molecule has 0 aliphatic carbocycles. The number of carbonyl (C=O) groups is 2. The zero-order chi connectivity index (χ0) is 20.5. The third-order valence-electron chi connectivity index (χ3n) is 4.27. The summed E-state index contributed by atoms with van der Waals surface area (Å²) in [7, 11) is 0. The fourth-order valence-electron chi connectivity index (χ4n) is 2.69. The third-order valence-corrected chi connectivity index (χ3v) is 5.43. The largest absolute Gasteiger partial charge is 0.355 e. The van der Waals surface area contributed by atoms with E-state index in [-0.39, 0.29) is 24.9 Å². The van der Waals surface area contributed by atoms with Crippen LogP contribution in [0.1, 0.15) is 25.0 Å². The second-order valence-electron chi connectivity index (χ2n) is 6.70. The van der Waals surface area contributed by atoms with Crippen LogP contribution in [-0.4, -0.2) is 42.9 Å². The molecule has 6 heteroatoms. The molecule has 0 bridgehead atoms. The van der Waals surface area contributed by atoms with Crippen LogP contribution in [0.2, 0.25) is 0 Å². The SMILES string of the molecule is CCNC(=O)CN(CC)CC(=O)Nc1ccc(Sc2cc(C)ccc2C)cc1. The fourth-order valence-corrected chi connectivity index (χ4v) is 3.69. The Morgan fingerprint density at radius 3 is 2.29 bits per heavy atom. The van der Waals surface area contributed by atoms with Crippen LogP contribution < -0.4 is 10.6 Å². The Kier molecular flexibility index (Phi) is 8.54. The van der Waals surface area contributed by atoms with Crippen molar-refractivity contribution in [3.63, 3.8) is 0 Å². The van der Waals surface area contributed by atoms with Gasteiger partial charge in [0.05, 0.1) is 13.1 Å². The van der Waals surface area contributed by atoms with Crippen LogP contribution in [0.25, 0.3) is 0 Å². The maximum Gasteiger partial charge on any atom is 0.238 e. The van der Waals surface area contributed by atoms with E-state index < -0.39 is 0 Å². The number of nitrogens with zero attached hydrogens (tertiary/aromatic N) is 1. The minimum Gasteiger partial charge on any atom is -0.355 e. The summed E-state index contributed by atoms with van der Waals surface area (Å²) in [6.45, 7) is 9.65. The molecule has 0 aliphatic heterocycles. The third kappa shape index (κ3) is 7.02. The molecule has 2 rings (SSSR count). The molecule has 0 saturated carbocycles. The van der Waals surface area contributed by atoms with Crippen molar-refractivity contribution in [2.24, 2.45) is 0 Å². The van der Waals surface area contributed by atoms with E-state index in [1.54, 1.807) is 11.8 Å². The number of carbonyl (C=O) groups excluding carboxylic acids is 2. The number of anilines is 1. The summed E-state index contributed by atoms with van der Waals surface area (Å²) >= 11 is 1.72. The second kappa shape index (κ2) is 10.9. The molecule has 2 aromatic rings. The molecule has 0 fully saturated rings. The van der Waals surface area contributed by atoms with Crippen molar-refractivity contribution in [1.82, 2.24) is 10.2 Å². The van der Waals surface area contributed by atoms with Gasteiger partial charge < -0.3 is 10.6 Å². The molecule has 0 atom stereocenters. The Labute approximate surface area is 171 Å². The molecule has 5 nitrogen and oxygen atoms in total. The zero-order valence-electron chi connectivity index (χ0n) is 17.0. The molecule has 2 N–H and O–H groups in total. The first-order valence-corrected chi connectivity index (χ1v) is 10.4. The molecule has 28 heavy (non-hydrogen) atoms. The van der Waals surface area contributed by atoms with E-state index in [1.807, 2.05) is 43.0 Å². The highest BCUT2D eigenvalue weighted by Gasteiger charge is 2.13. The molecule has 0 radical (unpaired) electrons. The number of hydrogen-bond acceptors (Lipinski definition) is 4. The summed E-state index contributed by atoms with van der Waals surface area (Å²) in [6, 6.07) is 14.3. The topological polar surface area (TPSA) is 61.4 Å². The van der Waals surface area contributed by atoms with E-state index >= 15 is 0 Å². The molecule has 2 aromatic carbocycles. The van der Waals surface area contributed by atoms with E-state index in [4.69, 9.17) is 0 Å².